The maximum Gasteiger partial charge on any atom is 0.246 e. The Kier molecular flexibility index (Phi) is 5.80. The molecule has 0 spiro atoms. The molecule has 0 saturated carbocycles. The van der Waals surface area contributed by atoms with Gasteiger partial charge in [-0.05, 0) is 60.9 Å². The molecule has 0 aliphatic carbocycles. The molecule has 0 atom stereocenters. The van der Waals surface area contributed by atoms with Crippen molar-refractivity contribution in [1.82, 2.24) is 19.7 Å². The van der Waals surface area contributed by atoms with Crippen LogP contribution in [0, 0.1) is 12.7 Å². The topological polar surface area (TPSA) is 58.5 Å². The predicted molar refractivity (Wildman–Crippen MR) is 124 cm³/mol. The summed E-state index contributed by atoms with van der Waals surface area (Å²) < 4.78 is 20.9. The molecule has 2 aliphatic heterocycles. The molecule has 3 aromatic rings. The van der Waals surface area contributed by atoms with Gasteiger partial charge in [-0.25, -0.2) is 9.07 Å². The molecule has 1 N–H and O–H groups in total. The summed E-state index contributed by atoms with van der Waals surface area (Å²) in [7, 11) is 0. The maximum absolute atomic E-state index is 13.9. The average Bonchev–Trinajstić information content (AvgIpc) is 3.20. The lowest BCUT2D eigenvalue weighted by Gasteiger charge is -2.43. The summed E-state index contributed by atoms with van der Waals surface area (Å²) in [5.74, 6) is 0.219. The van der Waals surface area contributed by atoms with E-state index in [0.29, 0.717) is 17.7 Å². The second kappa shape index (κ2) is 8.88. The van der Waals surface area contributed by atoms with Gasteiger partial charge in [0, 0.05) is 37.6 Å². The maximum atomic E-state index is 13.9. The van der Waals surface area contributed by atoms with E-state index in [1.165, 1.54) is 17.3 Å². The Labute approximate surface area is 187 Å². The van der Waals surface area contributed by atoms with E-state index in [1.807, 2.05) is 13.0 Å². The minimum atomic E-state index is -0.266. The van der Waals surface area contributed by atoms with E-state index >= 15 is 0 Å². The first kappa shape index (κ1) is 20.9. The molecule has 0 radical (unpaired) electrons. The van der Waals surface area contributed by atoms with Crippen LogP contribution in [-0.2, 0) is 11.2 Å². The summed E-state index contributed by atoms with van der Waals surface area (Å²) in [4.78, 5) is 9.34. The van der Waals surface area contributed by atoms with Crippen molar-refractivity contribution in [3.05, 3.63) is 59.7 Å². The zero-order valence-corrected chi connectivity index (χ0v) is 18.6. The van der Waals surface area contributed by atoms with E-state index in [1.54, 1.807) is 17.1 Å². The highest BCUT2D eigenvalue weighted by Crippen LogP contribution is 2.26. The number of aromatic nitrogens is 3. The molecular weight excluding hydrogens is 407 g/mol. The van der Waals surface area contributed by atoms with E-state index in [4.69, 9.17) is 4.74 Å². The van der Waals surface area contributed by atoms with Crippen LogP contribution in [-0.4, -0.2) is 65.1 Å². The number of nitrogens with zero attached hydrogens (tertiary/aromatic N) is 5. The Hall–Kier alpha value is -2.97. The molecule has 8 heteroatoms. The number of nitrogens with one attached hydrogen (secondary N) is 1. The smallest absolute Gasteiger partial charge is 0.246 e. The second-order valence-corrected chi connectivity index (χ2v) is 8.58. The van der Waals surface area contributed by atoms with E-state index < -0.39 is 0 Å². The monoisotopic (exact) mass is 436 g/mol. The molecule has 32 heavy (non-hydrogen) atoms. The third kappa shape index (κ3) is 4.47. The first-order chi connectivity index (χ1) is 15.6. The summed E-state index contributed by atoms with van der Waals surface area (Å²) in [6, 6.07) is 12.0. The molecule has 0 bridgehead atoms. The van der Waals surface area contributed by atoms with Gasteiger partial charge in [-0.1, -0.05) is 6.92 Å². The highest BCUT2D eigenvalue weighted by atomic mass is 19.1. The first-order valence-electron chi connectivity index (χ1n) is 11.2. The fourth-order valence-electron chi connectivity index (χ4n) is 4.34. The van der Waals surface area contributed by atoms with Gasteiger partial charge < -0.3 is 15.0 Å². The number of hydrogen-bond acceptors (Lipinski definition) is 6. The van der Waals surface area contributed by atoms with Gasteiger partial charge in [-0.3, -0.25) is 4.90 Å². The van der Waals surface area contributed by atoms with Gasteiger partial charge in [0.15, 0.2) is 0 Å². The third-order valence-corrected chi connectivity index (χ3v) is 6.24. The Balaban J connectivity index is 1.29. The van der Waals surface area contributed by atoms with Gasteiger partial charge in [0.2, 0.25) is 5.95 Å². The zero-order valence-electron chi connectivity index (χ0n) is 18.6. The molecule has 0 unspecified atom stereocenters. The van der Waals surface area contributed by atoms with Crippen molar-refractivity contribution in [2.24, 2.45) is 0 Å². The Morgan fingerprint density at radius 1 is 1.03 bits per heavy atom. The molecule has 2 fully saturated rings. The molecule has 2 aliphatic rings. The molecule has 2 aromatic carbocycles. The van der Waals surface area contributed by atoms with Gasteiger partial charge in [-0.2, -0.15) is 4.98 Å². The lowest BCUT2D eigenvalue weighted by molar-refractivity contribution is -0.0660. The summed E-state index contributed by atoms with van der Waals surface area (Å²) in [5, 5.41) is 7.82. The van der Waals surface area contributed by atoms with Crippen molar-refractivity contribution in [2.75, 3.05) is 49.6 Å². The number of halogens is 1. The average molecular weight is 437 g/mol. The standard InChI is InChI=1S/C24H29FN6O/c1-3-18-10-19(25)12-22(11-18)31-16-26-24(28-31)27-20-8-17(2)9-21(13-20)29-4-6-30(7-5-29)23-14-32-15-23/h8-13,16,23H,3-7,14-15H2,1-2H3,(H,27,28). The van der Waals surface area contributed by atoms with Crippen molar-refractivity contribution in [1.29, 1.82) is 0 Å². The molecule has 0 amide bonds. The van der Waals surface area contributed by atoms with Gasteiger partial charge in [0.1, 0.15) is 12.1 Å². The van der Waals surface area contributed by atoms with E-state index in [-0.39, 0.29) is 5.82 Å². The van der Waals surface area contributed by atoms with Crippen LogP contribution in [0.25, 0.3) is 5.69 Å². The van der Waals surface area contributed by atoms with E-state index in [0.717, 1.165) is 57.1 Å². The highest BCUT2D eigenvalue weighted by Gasteiger charge is 2.29. The van der Waals surface area contributed by atoms with Gasteiger partial charge in [0.05, 0.1) is 24.9 Å². The van der Waals surface area contributed by atoms with Crippen LogP contribution in [0.1, 0.15) is 18.1 Å². The number of anilines is 3. The minimum absolute atomic E-state index is 0.266. The minimum Gasteiger partial charge on any atom is -0.378 e. The number of rotatable bonds is 6. The van der Waals surface area contributed by atoms with Crippen molar-refractivity contribution in [2.45, 2.75) is 26.3 Å². The molecule has 3 heterocycles. The summed E-state index contributed by atoms with van der Waals surface area (Å²) >= 11 is 0. The van der Waals surface area contributed by atoms with Crippen LogP contribution in [0.5, 0.6) is 0 Å². The van der Waals surface area contributed by atoms with Crippen molar-refractivity contribution in [3.8, 4) is 5.69 Å². The van der Waals surface area contributed by atoms with Crippen molar-refractivity contribution < 1.29 is 9.13 Å². The SMILES string of the molecule is CCc1cc(F)cc(-n2cnc(Nc3cc(C)cc(N4CCN(C5COC5)CC4)c3)n2)c1. The number of piperazine rings is 1. The molecule has 2 saturated heterocycles. The van der Waals surface area contributed by atoms with Crippen LogP contribution in [0.2, 0.25) is 0 Å². The van der Waals surface area contributed by atoms with Crippen LogP contribution >= 0.6 is 0 Å². The van der Waals surface area contributed by atoms with Crippen LogP contribution in [0.3, 0.4) is 0 Å². The molecule has 5 rings (SSSR count). The number of hydrogen-bond donors (Lipinski definition) is 1. The second-order valence-electron chi connectivity index (χ2n) is 8.58. The van der Waals surface area contributed by atoms with Crippen molar-refractivity contribution in [3.63, 3.8) is 0 Å². The number of aryl methyl sites for hydroxylation is 2. The zero-order chi connectivity index (χ0) is 22.1. The van der Waals surface area contributed by atoms with E-state index in [9.17, 15) is 4.39 Å². The summed E-state index contributed by atoms with van der Waals surface area (Å²) in [5.41, 5.74) is 4.92. The van der Waals surface area contributed by atoms with Gasteiger partial charge in [0.25, 0.3) is 0 Å². The quantitative estimate of drug-likeness (QED) is 0.638. The largest absolute Gasteiger partial charge is 0.378 e. The predicted octanol–water partition coefficient (Wildman–Crippen LogP) is 3.54. The number of ether oxygens (including phenoxy) is 1. The molecule has 1 aromatic heterocycles. The lowest BCUT2D eigenvalue weighted by atomic mass is 10.1. The fraction of sp³-hybridized carbons (Fsp3) is 0.417. The summed E-state index contributed by atoms with van der Waals surface area (Å²) in [6.45, 7) is 9.97. The summed E-state index contributed by atoms with van der Waals surface area (Å²) in [6.07, 6.45) is 2.37. The molecular formula is C24H29FN6O. The van der Waals surface area contributed by atoms with Crippen LogP contribution < -0.4 is 10.2 Å². The van der Waals surface area contributed by atoms with Crippen LogP contribution in [0.15, 0.2) is 42.7 Å². The Morgan fingerprint density at radius 3 is 2.56 bits per heavy atom. The first-order valence-corrected chi connectivity index (χ1v) is 11.2. The van der Waals surface area contributed by atoms with Crippen LogP contribution in [0.4, 0.5) is 21.7 Å². The Bertz CT molecular complexity index is 1090. The van der Waals surface area contributed by atoms with Gasteiger partial charge >= 0.3 is 0 Å². The lowest BCUT2D eigenvalue weighted by Crippen LogP contribution is -2.56. The normalized spacial score (nSPS) is 17.4. The molecule has 168 valence electrons. The van der Waals surface area contributed by atoms with E-state index in [2.05, 4.69) is 50.3 Å². The van der Waals surface area contributed by atoms with Crippen molar-refractivity contribution >= 4 is 17.3 Å². The molecule has 7 nitrogen and oxygen atoms in total. The van der Waals surface area contributed by atoms with Gasteiger partial charge in [-0.15, -0.1) is 5.10 Å². The highest BCUT2D eigenvalue weighted by molar-refractivity contribution is 5.64. The third-order valence-electron chi connectivity index (χ3n) is 6.24. The Morgan fingerprint density at radius 2 is 1.84 bits per heavy atom. The fourth-order valence-corrected chi connectivity index (χ4v) is 4.34. The number of benzene rings is 2.